The first kappa shape index (κ1) is 22.3. The van der Waals surface area contributed by atoms with Crippen molar-refractivity contribution in [2.45, 2.75) is 84.0 Å². The van der Waals surface area contributed by atoms with E-state index in [4.69, 9.17) is 5.11 Å². The van der Waals surface area contributed by atoms with Crippen molar-refractivity contribution in [2.24, 2.45) is 0 Å². The number of carboxylic acids is 1. The van der Waals surface area contributed by atoms with Crippen LogP contribution in [0.2, 0.25) is 0 Å². The minimum absolute atomic E-state index is 0.249. The summed E-state index contributed by atoms with van der Waals surface area (Å²) in [5.74, 6) is -2.29. The predicted octanol–water partition coefficient (Wildman–Crippen LogP) is 5.02. The fourth-order valence-corrected chi connectivity index (χ4v) is 2.37. The number of allylic oxidation sites excluding steroid dienone is 3. The van der Waals surface area contributed by atoms with E-state index in [1.807, 2.05) is 0 Å². The number of carbonyl (C=O) groups is 3. The molecule has 0 radical (unpaired) electrons. The van der Waals surface area contributed by atoms with Crippen LogP contribution in [0.4, 0.5) is 0 Å². The van der Waals surface area contributed by atoms with Gasteiger partial charge in [-0.3, -0.25) is 14.4 Å². The van der Waals surface area contributed by atoms with Gasteiger partial charge in [0, 0.05) is 0 Å². The summed E-state index contributed by atoms with van der Waals surface area (Å²) in [5.41, 5.74) is 0. The molecule has 0 amide bonds. The second-order valence-electron chi connectivity index (χ2n) is 6.10. The molecule has 0 unspecified atom stereocenters. The van der Waals surface area contributed by atoms with Crippen LogP contribution in [-0.4, -0.2) is 22.6 Å². The van der Waals surface area contributed by atoms with Crippen LogP contribution < -0.4 is 0 Å². The Morgan fingerprint density at radius 2 is 1.17 bits per heavy atom. The highest BCUT2D eigenvalue weighted by molar-refractivity contribution is 6.45. The molecule has 0 spiro atoms. The van der Waals surface area contributed by atoms with Gasteiger partial charge in [-0.05, 0) is 25.0 Å². The van der Waals surface area contributed by atoms with Crippen molar-refractivity contribution >= 4 is 17.5 Å². The zero-order valence-electron chi connectivity index (χ0n) is 15.0. The zero-order valence-corrected chi connectivity index (χ0v) is 15.0. The molecule has 0 aliphatic carbocycles. The highest BCUT2D eigenvalue weighted by atomic mass is 16.4. The minimum Gasteiger partial charge on any atom is -0.481 e. The molecule has 0 aliphatic heterocycles. The summed E-state index contributed by atoms with van der Waals surface area (Å²) in [5, 5.41) is 8.43. The lowest BCUT2D eigenvalue weighted by molar-refractivity contribution is -0.136. The average Bonchev–Trinajstić information content (AvgIpc) is 2.55. The van der Waals surface area contributed by atoms with Crippen LogP contribution in [-0.2, 0) is 14.4 Å². The van der Waals surface area contributed by atoms with Crippen molar-refractivity contribution in [3.8, 4) is 0 Å². The number of carbonyl (C=O) groups excluding carboxylic acids is 2. The Hall–Kier alpha value is -1.71. The first-order valence-corrected chi connectivity index (χ1v) is 9.21. The molecule has 0 rings (SSSR count). The Kier molecular flexibility index (Phi) is 15.0. The summed E-state index contributed by atoms with van der Waals surface area (Å²) in [7, 11) is 0. The summed E-state index contributed by atoms with van der Waals surface area (Å²) in [6.07, 6.45) is 18.5. The maximum Gasteiger partial charge on any atom is 0.307 e. The van der Waals surface area contributed by atoms with E-state index < -0.39 is 17.5 Å². The average molecular weight is 336 g/mol. The molecule has 0 saturated carbocycles. The molecule has 0 aromatic rings. The molecule has 4 heteroatoms. The Balaban J connectivity index is 3.54. The predicted molar refractivity (Wildman–Crippen MR) is 97.0 cm³/mol. The standard InChI is InChI=1S/C20H32O4/c1-2-3-4-5-6-7-8-9-10-11-12-13-15-18(21)19(22)16-14-17-20(23)24/h13-16H,2-12,17H2,1H3,(H,23,24). The fourth-order valence-electron chi connectivity index (χ4n) is 2.37. The third-order valence-electron chi connectivity index (χ3n) is 3.80. The van der Waals surface area contributed by atoms with Gasteiger partial charge in [-0.2, -0.15) is 0 Å². The Labute approximate surface area is 146 Å². The number of rotatable bonds is 16. The Bertz CT molecular complexity index is 421. The van der Waals surface area contributed by atoms with E-state index >= 15 is 0 Å². The van der Waals surface area contributed by atoms with Crippen LogP contribution in [0.15, 0.2) is 24.3 Å². The molecule has 0 aromatic heterocycles. The SMILES string of the molecule is CCCCCCCCCCCCC=CC(=O)C(=O)C=CCC(=O)O. The Morgan fingerprint density at radius 3 is 1.67 bits per heavy atom. The molecule has 0 heterocycles. The summed E-state index contributed by atoms with van der Waals surface area (Å²) >= 11 is 0. The van der Waals surface area contributed by atoms with Crippen LogP contribution in [0, 0.1) is 0 Å². The van der Waals surface area contributed by atoms with Crippen molar-refractivity contribution in [1.29, 1.82) is 0 Å². The number of aliphatic carboxylic acids is 1. The van der Waals surface area contributed by atoms with Crippen LogP contribution in [0.5, 0.6) is 0 Å². The van der Waals surface area contributed by atoms with Gasteiger partial charge in [-0.15, -0.1) is 0 Å². The number of ketones is 2. The molecular weight excluding hydrogens is 304 g/mol. The zero-order chi connectivity index (χ0) is 18.0. The molecule has 4 nitrogen and oxygen atoms in total. The quantitative estimate of drug-likeness (QED) is 0.244. The third-order valence-corrected chi connectivity index (χ3v) is 3.80. The van der Waals surface area contributed by atoms with Gasteiger partial charge in [0.25, 0.3) is 0 Å². The van der Waals surface area contributed by atoms with Gasteiger partial charge in [-0.1, -0.05) is 76.9 Å². The highest BCUT2D eigenvalue weighted by Crippen LogP contribution is 2.11. The monoisotopic (exact) mass is 336 g/mol. The largest absolute Gasteiger partial charge is 0.481 e. The van der Waals surface area contributed by atoms with Gasteiger partial charge >= 0.3 is 5.97 Å². The van der Waals surface area contributed by atoms with Crippen molar-refractivity contribution in [3.63, 3.8) is 0 Å². The number of unbranched alkanes of at least 4 members (excludes halogenated alkanes) is 10. The van der Waals surface area contributed by atoms with E-state index in [1.165, 1.54) is 63.5 Å². The van der Waals surface area contributed by atoms with Crippen molar-refractivity contribution in [2.75, 3.05) is 0 Å². The van der Waals surface area contributed by atoms with Crippen LogP contribution in [0.1, 0.15) is 84.0 Å². The molecule has 0 bridgehead atoms. The summed E-state index contributed by atoms with van der Waals surface area (Å²) in [6, 6.07) is 0. The smallest absolute Gasteiger partial charge is 0.307 e. The summed E-state index contributed by atoms with van der Waals surface area (Å²) < 4.78 is 0. The molecular formula is C20H32O4. The lowest BCUT2D eigenvalue weighted by atomic mass is 10.1. The summed E-state index contributed by atoms with van der Waals surface area (Å²) in [6.45, 7) is 2.23. The van der Waals surface area contributed by atoms with Gasteiger partial charge in [0.05, 0.1) is 6.42 Å². The molecule has 24 heavy (non-hydrogen) atoms. The number of hydrogen-bond donors (Lipinski definition) is 1. The number of carboxylic acid groups (broad SMARTS) is 1. The minimum atomic E-state index is -1.02. The van der Waals surface area contributed by atoms with Crippen LogP contribution in [0.3, 0.4) is 0 Å². The van der Waals surface area contributed by atoms with Crippen molar-refractivity contribution in [1.82, 2.24) is 0 Å². The second-order valence-corrected chi connectivity index (χ2v) is 6.10. The molecule has 0 aliphatic rings. The molecule has 1 N–H and O–H groups in total. The van der Waals surface area contributed by atoms with E-state index in [9.17, 15) is 14.4 Å². The third kappa shape index (κ3) is 15.2. The first-order valence-electron chi connectivity index (χ1n) is 9.21. The lowest BCUT2D eigenvalue weighted by Crippen LogP contribution is -2.07. The molecule has 0 fully saturated rings. The van der Waals surface area contributed by atoms with E-state index in [1.54, 1.807) is 6.08 Å². The highest BCUT2D eigenvalue weighted by Gasteiger charge is 2.05. The number of hydrogen-bond acceptors (Lipinski definition) is 3. The van der Waals surface area contributed by atoms with Gasteiger partial charge in [0.15, 0.2) is 0 Å². The van der Waals surface area contributed by atoms with E-state index in [-0.39, 0.29) is 6.42 Å². The van der Waals surface area contributed by atoms with Gasteiger partial charge in [-0.25, -0.2) is 0 Å². The van der Waals surface area contributed by atoms with Crippen LogP contribution in [0.25, 0.3) is 0 Å². The van der Waals surface area contributed by atoms with Gasteiger partial charge < -0.3 is 5.11 Å². The Morgan fingerprint density at radius 1 is 0.708 bits per heavy atom. The van der Waals surface area contributed by atoms with E-state index in [0.717, 1.165) is 25.3 Å². The van der Waals surface area contributed by atoms with Crippen molar-refractivity contribution in [3.05, 3.63) is 24.3 Å². The van der Waals surface area contributed by atoms with E-state index in [2.05, 4.69) is 6.92 Å². The molecule has 0 aromatic carbocycles. The molecule has 136 valence electrons. The van der Waals surface area contributed by atoms with Gasteiger partial charge in [0.1, 0.15) is 0 Å². The second kappa shape index (κ2) is 16.2. The van der Waals surface area contributed by atoms with Gasteiger partial charge in [0.2, 0.25) is 11.6 Å². The summed E-state index contributed by atoms with van der Waals surface area (Å²) in [4.78, 5) is 33.1. The van der Waals surface area contributed by atoms with E-state index in [0.29, 0.717) is 0 Å². The maximum atomic E-state index is 11.5. The topological polar surface area (TPSA) is 71.4 Å². The normalized spacial score (nSPS) is 11.4. The lowest BCUT2D eigenvalue weighted by Gasteiger charge is -2.01. The first-order chi connectivity index (χ1) is 11.6. The van der Waals surface area contributed by atoms with Crippen molar-refractivity contribution < 1.29 is 19.5 Å². The van der Waals surface area contributed by atoms with Crippen LogP contribution >= 0.6 is 0 Å². The molecule has 0 saturated heterocycles. The molecule has 0 atom stereocenters. The maximum absolute atomic E-state index is 11.5. The fraction of sp³-hybridized carbons (Fsp3) is 0.650.